The molecule has 0 spiro atoms. The number of rotatable bonds is 0. The first kappa shape index (κ1) is 6.75. The van der Waals surface area contributed by atoms with E-state index in [1.807, 2.05) is 6.08 Å². The molecule has 0 aliphatic heterocycles. The highest BCUT2D eigenvalue weighted by Gasteiger charge is 1.95. The summed E-state index contributed by atoms with van der Waals surface area (Å²) in [5, 5.41) is 0. The lowest BCUT2D eigenvalue weighted by Gasteiger charge is -1.88. The summed E-state index contributed by atoms with van der Waals surface area (Å²) in [6, 6.07) is 0. The summed E-state index contributed by atoms with van der Waals surface area (Å²) in [5.41, 5.74) is 0. The van der Waals surface area contributed by atoms with Gasteiger partial charge in [0.25, 0.3) is 0 Å². The van der Waals surface area contributed by atoms with Crippen molar-refractivity contribution in [2.75, 3.05) is 0 Å². The molecule has 0 bridgehead atoms. The Morgan fingerprint density at radius 3 is 3.00 bits per heavy atom. The van der Waals surface area contributed by atoms with Crippen LogP contribution in [0.1, 0.15) is 0 Å². The minimum atomic E-state index is -0.201. The normalized spacial score (nSPS) is 25.6. The van der Waals surface area contributed by atoms with Crippen molar-refractivity contribution in [1.82, 2.24) is 0 Å². The quantitative estimate of drug-likeness (QED) is 0.514. The lowest BCUT2D eigenvalue weighted by Crippen LogP contribution is -1.80. The third-order valence-corrected chi connectivity index (χ3v) is 1.60. The standard InChI is InChI=1S/C7H6BrF/c8-6-2-1-3-7(9)5-4-6/h1-6H. The van der Waals surface area contributed by atoms with Crippen LogP contribution >= 0.6 is 15.9 Å². The molecule has 0 amide bonds. The molecule has 0 aromatic heterocycles. The molecule has 1 aliphatic rings. The Morgan fingerprint density at radius 1 is 1.44 bits per heavy atom. The molecule has 9 heavy (non-hydrogen) atoms. The lowest BCUT2D eigenvalue weighted by molar-refractivity contribution is 0.667. The van der Waals surface area contributed by atoms with Crippen LogP contribution in [0.4, 0.5) is 4.39 Å². The average Bonchev–Trinajstić information content (AvgIpc) is 1.97. The number of allylic oxidation sites excluding steroid dienone is 6. The fourth-order valence-electron chi connectivity index (χ4n) is 0.557. The largest absolute Gasteiger partial charge is 0.207 e. The van der Waals surface area contributed by atoms with Gasteiger partial charge in [-0.2, -0.15) is 0 Å². The molecule has 1 aliphatic carbocycles. The van der Waals surface area contributed by atoms with E-state index in [1.165, 1.54) is 12.2 Å². The molecule has 0 aromatic rings. The smallest absolute Gasteiger partial charge is 0.122 e. The number of hydrogen-bond donors (Lipinski definition) is 0. The fourth-order valence-corrected chi connectivity index (χ4v) is 0.886. The van der Waals surface area contributed by atoms with Gasteiger partial charge in [-0.15, -0.1) is 0 Å². The van der Waals surface area contributed by atoms with E-state index in [9.17, 15) is 4.39 Å². The first-order chi connectivity index (χ1) is 4.29. The molecule has 2 heteroatoms. The molecule has 0 fully saturated rings. The summed E-state index contributed by atoms with van der Waals surface area (Å²) in [5.74, 6) is -0.201. The van der Waals surface area contributed by atoms with Gasteiger partial charge in [0.1, 0.15) is 5.83 Å². The van der Waals surface area contributed by atoms with Gasteiger partial charge in [-0.1, -0.05) is 34.2 Å². The van der Waals surface area contributed by atoms with Crippen molar-refractivity contribution in [3.05, 3.63) is 36.2 Å². The summed E-state index contributed by atoms with van der Waals surface area (Å²) in [7, 11) is 0. The average molecular weight is 189 g/mol. The second kappa shape index (κ2) is 2.97. The van der Waals surface area contributed by atoms with Gasteiger partial charge in [-0.05, 0) is 12.2 Å². The van der Waals surface area contributed by atoms with E-state index in [0.29, 0.717) is 0 Å². The summed E-state index contributed by atoms with van der Waals surface area (Å²) >= 11 is 3.29. The number of halogens is 2. The Bertz CT molecular complexity index is 179. The van der Waals surface area contributed by atoms with Crippen LogP contribution in [0.15, 0.2) is 36.2 Å². The first-order valence-electron chi connectivity index (χ1n) is 2.65. The predicted octanol–water partition coefficient (Wildman–Crippen LogP) is 2.73. The SMILES string of the molecule is FC1=CC=CC(Br)C=C1. The van der Waals surface area contributed by atoms with Crippen molar-refractivity contribution in [3.8, 4) is 0 Å². The van der Waals surface area contributed by atoms with Crippen LogP contribution in [0.5, 0.6) is 0 Å². The second-order valence-corrected chi connectivity index (χ2v) is 2.80. The topological polar surface area (TPSA) is 0 Å². The predicted molar refractivity (Wildman–Crippen MR) is 40.2 cm³/mol. The molecule has 0 nitrogen and oxygen atoms in total. The maximum atomic E-state index is 12.3. The van der Waals surface area contributed by atoms with Gasteiger partial charge in [-0.25, -0.2) is 4.39 Å². The Labute approximate surface area is 61.9 Å². The van der Waals surface area contributed by atoms with E-state index >= 15 is 0 Å². The van der Waals surface area contributed by atoms with Gasteiger partial charge in [-0.3, -0.25) is 0 Å². The highest BCUT2D eigenvalue weighted by atomic mass is 79.9. The molecule has 48 valence electrons. The van der Waals surface area contributed by atoms with Crippen LogP contribution in [0.2, 0.25) is 0 Å². The third kappa shape index (κ3) is 2.14. The van der Waals surface area contributed by atoms with Gasteiger partial charge in [0.05, 0.1) is 4.83 Å². The third-order valence-electron chi connectivity index (χ3n) is 0.990. The highest BCUT2D eigenvalue weighted by molar-refractivity contribution is 9.09. The zero-order chi connectivity index (χ0) is 6.69. The van der Waals surface area contributed by atoms with Gasteiger partial charge in [0.15, 0.2) is 0 Å². The Balaban J connectivity index is 2.75. The summed E-state index contributed by atoms with van der Waals surface area (Å²) < 4.78 is 12.3. The Kier molecular flexibility index (Phi) is 2.22. The molecule has 0 heterocycles. The van der Waals surface area contributed by atoms with Gasteiger partial charge < -0.3 is 0 Å². The summed E-state index contributed by atoms with van der Waals surface area (Å²) in [6.07, 6.45) is 8.17. The molecule has 0 aromatic carbocycles. The van der Waals surface area contributed by atoms with Gasteiger partial charge >= 0.3 is 0 Å². The van der Waals surface area contributed by atoms with Crippen LogP contribution in [0.25, 0.3) is 0 Å². The molecular weight excluding hydrogens is 183 g/mol. The molecule has 1 atom stereocenters. The van der Waals surface area contributed by atoms with E-state index in [2.05, 4.69) is 15.9 Å². The van der Waals surface area contributed by atoms with E-state index in [4.69, 9.17) is 0 Å². The van der Waals surface area contributed by atoms with Crippen molar-refractivity contribution in [1.29, 1.82) is 0 Å². The molecule has 1 rings (SSSR count). The zero-order valence-corrected chi connectivity index (χ0v) is 6.31. The van der Waals surface area contributed by atoms with Crippen LogP contribution in [0, 0.1) is 0 Å². The summed E-state index contributed by atoms with van der Waals surface area (Å²) in [4.78, 5) is 0.169. The maximum absolute atomic E-state index is 12.3. The molecule has 0 saturated heterocycles. The Hall–Kier alpha value is -0.370. The fraction of sp³-hybridized carbons (Fsp3) is 0.143. The minimum Gasteiger partial charge on any atom is -0.207 e. The highest BCUT2D eigenvalue weighted by Crippen LogP contribution is 2.10. The van der Waals surface area contributed by atoms with Crippen LogP contribution in [-0.2, 0) is 0 Å². The van der Waals surface area contributed by atoms with Crippen molar-refractivity contribution in [2.45, 2.75) is 4.83 Å². The van der Waals surface area contributed by atoms with Crippen LogP contribution in [-0.4, -0.2) is 4.83 Å². The van der Waals surface area contributed by atoms with E-state index < -0.39 is 0 Å². The van der Waals surface area contributed by atoms with E-state index in [-0.39, 0.29) is 10.7 Å². The van der Waals surface area contributed by atoms with Crippen molar-refractivity contribution >= 4 is 15.9 Å². The van der Waals surface area contributed by atoms with Crippen LogP contribution < -0.4 is 0 Å². The molecule has 1 unspecified atom stereocenters. The number of hydrogen-bond acceptors (Lipinski definition) is 0. The zero-order valence-electron chi connectivity index (χ0n) is 4.72. The van der Waals surface area contributed by atoms with Gasteiger partial charge in [0.2, 0.25) is 0 Å². The first-order valence-corrected chi connectivity index (χ1v) is 3.57. The van der Waals surface area contributed by atoms with Crippen molar-refractivity contribution < 1.29 is 4.39 Å². The summed E-state index contributed by atoms with van der Waals surface area (Å²) in [6.45, 7) is 0. The molecular formula is C7H6BrF. The van der Waals surface area contributed by atoms with Gasteiger partial charge in [0, 0.05) is 0 Å². The molecule has 0 N–H and O–H groups in total. The Morgan fingerprint density at radius 2 is 2.22 bits per heavy atom. The second-order valence-electron chi connectivity index (χ2n) is 1.74. The molecule has 0 radical (unpaired) electrons. The van der Waals surface area contributed by atoms with E-state index in [0.717, 1.165) is 0 Å². The van der Waals surface area contributed by atoms with Crippen molar-refractivity contribution in [2.24, 2.45) is 0 Å². The van der Waals surface area contributed by atoms with Crippen LogP contribution in [0.3, 0.4) is 0 Å². The maximum Gasteiger partial charge on any atom is 0.122 e. The minimum absolute atomic E-state index is 0.169. The monoisotopic (exact) mass is 188 g/mol. The van der Waals surface area contributed by atoms with Crippen molar-refractivity contribution in [3.63, 3.8) is 0 Å². The molecule has 0 saturated carbocycles. The van der Waals surface area contributed by atoms with E-state index in [1.54, 1.807) is 12.2 Å². The number of alkyl halides is 1. The lowest BCUT2D eigenvalue weighted by atomic mass is 10.4.